The van der Waals surface area contributed by atoms with E-state index in [2.05, 4.69) is 18.5 Å². The molecule has 0 unspecified atom stereocenters. The molecule has 5 nitrogen and oxygen atoms in total. The normalized spacial score (nSPS) is 17.1. The number of carbonyl (C=O) groups is 2. The molecular weight excluding hydrogens is 244 g/mol. The van der Waals surface area contributed by atoms with E-state index in [-0.39, 0.29) is 12.0 Å². The highest BCUT2D eigenvalue weighted by molar-refractivity contribution is 5.88. The predicted molar refractivity (Wildman–Crippen MR) is 73.7 cm³/mol. The minimum absolute atomic E-state index is 0.245. The van der Waals surface area contributed by atoms with Gasteiger partial charge >= 0.3 is 6.09 Å². The summed E-state index contributed by atoms with van der Waals surface area (Å²) in [6.45, 7) is 13.4. The minimum Gasteiger partial charge on any atom is -0.444 e. The third-order valence-electron chi connectivity index (χ3n) is 2.75. The molecule has 0 aromatic carbocycles. The number of ether oxygens (including phenoxy) is 1. The molecule has 19 heavy (non-hydrogen) atoms. The predicted octanol–water partition coefficient (Wildman–Crippen LogP) is 1.85. The van der Waals surface area contributed by atoms with E-state index in [0.29, 0.717) is 19.5 Å². The molecule has 0 saturated carbocycles. The first-order valence-electron chi connectivity index (χ1n) is 6.25. The number of nitrogens with one attached hydrogen (secondary N) is 1. The van der Waals surface area contributed by atoms with Crippen LogP contribution in [0.25, 0.3) is 0 Å². The summed E-state index contributed by atoms with van der Waals surface area (Å²) in [6, 6.07) is 0. The Morgan fingerprint density at radius 3 is 2.37 bits per heavy atom. The summed E-state index contributed by atoms with van der Waals surface area (Å²) in [5, 5.41) is 2.85. The topological polar surface area (TPSA) is 58.6 Å². The molecule has 1 aliphatic rings. The second-order valence-corrected chi connectivity index (χ2v) is 5.80. The molecule has 5 heteroatoms. The van der Waals surface area contributed by atoms with E-state index in [4.69, 9.17) is 4.74 Å². The highest BCUT2D eigenvalue weighted by atomic mass is 16.6. The maximum Gasteiger partial charge on any atom is 0.410 e. The summed E-state index contributed by atoms with van der Waals surface area (Å²) >= 11 is 0. The molecule has 1 rings (SSSR count). The van der Waals surface area contributed by atoms with Crippen molar-refractivity contribution in [1.82, 2.24) is 10.2 Å². The summed E-state index contributed by atoms with van der Waals surface area (Å²) in [4.78, 5) is 24.8. The fourth-order valence-electron chi connectivity index (χ4n) is 1.99. The first-order chi connectivity index (χ1) is 8.71. The maximum atomic E-state index is 11.8. The van der Waals surface area contributed by atoms with Crippen LogP contribution in [0.1, 0.15) is 27.2 Å². The summed E-state index contributed by atoms with van der Waals surface area (Å²) in [7, 11) is 0. The molecule has 0 radical (unpaired) electrons. The number of amides is 2. The van der Waals surface area contributed by atoms with Crippen molar-refractivity contribution in [3.63, 3.8) is 0 Å². The lowest BCUT2D eigenvalue weighted by Crippen LogP contribution is -2.71. The van der Waals surface area contributed by atoms with Gasteiger partial charge in [-0.1, -0.05) is 12.7 Å². The van der Waals surface area contributed by atoms with Crippen LogP contribution in [0.2, 0.25) is 0 Å². The van der Waals surface area contributed by atoms with E-state index < -0.39 is 11.1 Å². The number of nitrogens with zero attached hydrogens (tertiary/aromatic N) is 1. The van der Waals surface area contributed by atoms with Crippen molar-refractivity contribution in [2.45, 2.75) is 38.3 Å². The first-order valence-corrected chi connectivity index (χ1v) is 6.25. The van der Waals surface area contributed by atoms with Gasteiger partial charge in [0.15, 0.2) is 0 Å². The zero-order valence-corrected chi connectivity index (χ0v) is 11.9. The van der Waals surface area contributed by atoms with Gasteiger partial charge in [-0.15, -0.1) is 6.58 Å². The smallest absolute Gasteiger partial charge is 0.410 e. The largest absolute Gasteiger partial charge is 0.444 e. The third-order valence-corrected chi connectivity index (χ3v) is 2.75. The Morgan fingerprint density at radius 1 is 1.37 bits per heavy atom. The van der Waals surface area contributed by atoms with Crippen molar-refractivity contribution in [2.75, 3.05) is 13.1 Å². The van der Waals surface area contributed by atoms with Crippen molar-refractivity contribution in [2.24, 2.45) is 0 Å². The molecule has 1 aliphatic heterocycles. The van der Waals surface area contributed by atoms with Crippen LogP contribution in [-0.4, -0.2) is 41.1 Å². The number of hydrogen-bond acceptors (Lipinski definition) is 3. The molecule has 1 heterocycles. The van der Waals surface area contributed by atoms with Crippen molar-refractivity contribution >= 4 is 12.0 Å². The van der Waals surface area contributed by atoms with Crippen LogP contribution >= 0.6 is 0 Å². The zero-order chi connectivity index (χ0) is 14.7. The standard InChI is InChI=1S/C14H22N2O3/c1-6-8-14(15-11(17)7-2)9-16(10-14)12(18)19-13(3,4)5/h6-7H,1-2,8-10H2,3-5H3,(H,15,17). The molecule has 1 N–H and O–H groups in total. The van der Waals surface area contributed by atoms with Crippen molar-refractivity contribution in [3.05, 3.63) is 25.3 Å². The Morgan fingerprint density at radius 2 is 1.95 bits per heavy atom. The fourth-order valence-corrected chi connectivity index (χ4v) is 1.99. The van der Waals surface area contributed by atoms with Gasteiger partial charge in [0.2, 0.25) is 5.91 Å². The Kier molecular flexibility index (Phi) is 4.39. The van der Waals surface area contributed by atoms with Crippen LogP contribution in [0.15, 0.2) is 25.3 Å². The lowest BCUT2D eigenvalue weighted by atomic mass is 9.86. The summed E-state index contributed by atoms with van der Waals surface area (Å²) in [6.07, 6.45) is 3.20. The SMILES string of the molecule is C=CCC1(NC(=O)C=C)CN(C(=O)OC(C)(C)C)C1. The highest BCUT2D eigenvalue weighted by Gasteiger charge is 2.46. The molecule has 1 fully saturated rings. The molecule has 0 aliphatic carbocycles. The number of rotatable bonds is 4. The average Bonchev–Trinajstić information content (AvgIpc) is 2.22. The van der Waals surface area contributed by atoms with Gasteiger partial charge in [-0.05, 0) is 33.3 Å². The van der Waals surface area contributed by atoms with Crippen LogP contribution in [0, 0.1) is 0 Å². The molecule has 0 aromatic rings. The van der Waals surface area contributed by atoms with Gasteiger partial charge in [-0.25, -0.2) is 4.79 Å². The van der Waals surface area contributed by atoms with Gasteiger partial charge in [0.1, 0.15) is 5.60 Å². The summed E-state index contributed by atoms with van der Waals surface area (Å²) in [5.41, 5.74) is -0.956. The Hall–Kier alpha value is -1.78. The maximum absolute atomic E-state index is 11.8. The number of carbonyl (C=O) groups excluding carboxylic acids is 2. The lowest BCUT2D eigenvalue weighted by molar-refractivity contribution is -0.120. The van der Waals surface area contributed by atoms with E-state index in [1.807, 2.05) is 20.8 Å². The number of hydrogen-bond donors (Lipinski definition) is 1. The van der Waals surface area contributed by atoms with Crippen molar-refractivity contribution in [3.8, 4) is 0 Å². The van der Waals surface area contributed by atoms with E-state index in [1.165, 1.54) is 6.08 Å². The monoisotopic (exact) mass is 266 g/mol. The van der Waals surface area contributed by atoms with E-state index >= 15 is 0 Å². The Labute approximate surface area is 114 Å². The van der Waals surface area contributed by atoms with Gasteiger partial charge in [-0.2, -0.15) is 0 Å². The van der Waals surface area contributed by atoms with Crippen LogP contribution in [-0.2, 0) is 9.53 Å². The minimum atomic E-state index is -0.516. The summed E-state index contributed by atoms with van der Waals surface area (Å²) < 4.78 is 5.27. The molecule has 1 saturated heterocycles. The van der Waals surface area contributed by atoms with Gasteiger partial charge in [-0.3, -0.25) is 4.79 Å². The van der Waals surface area contributed by atoms with E-state index in [1.54, 1.807) is 11.0 Å². The molecule has 2 amide bonds. The molecule has 106 valence electrons. The lowest BCUT2D eigenvalue weighted by Gasteiger charge is -2.49. The molecule has 0 atom stereocenters. The van der Waals surface area contributed by atoms with Crippen LogP contribution in [0.4, 0.5) is 4.79 Å². The second kappa shape index (κ2) is 5.47. The summed E-state index contributed by atoms with van der Waals surface area (Å²) in [5.74, 6) is -0.245. The van der Waals surface area contributed by atoms with Crippen LogP contribution in [0.5, 0.6) is 0 Å². The third kappa shape index (κ3) is 4.12. The fraction of sp³-hybridized carbons (Fsp3) is 0.571. The molecule has 0 bridgehead atoms. The van der Waals surface area contributed by atoms with Crippen molar-refractivity contribution in [1.29, 1.82) is 0 Å². The first kappa shape index (κ1) is 15.3. The quantitative estimate of drug-likeness (QED) is 0.624. The Bertz CT molecular complexity index is 390. The van der Waals surface area contributed by atoms with Gasteiger partial charge < -0.3 is 15.0 Å². The number of likely N-dealkylation sites (tertiary alicyclic amines) is 1. The molecular formula is C14H22N2O3. The zero-order valence-electron chi connectivity index (χ0n) is 11.9. The van der Waals surface area contributed by atoms with Gasteiger partial charge in [0.05, 0.1) is 5.54 Å². The van der Waals surface area contributed by atoms with Gasteiger partial charge in [0, 0.05) is 13.1 Å². The second-order valence-electron chi connectivity index (χ2n) is 5.80. The Balaban J connectivity index is 2.59. The van der Waals surface area contributed by atoms with E-state index in [0.717, 1.165) is 0 Å². The van der Waals surface area contributed by atoms with Crippen LogP contribution in [0.3, 0.4) is 0 Å². The van der Waals surface area contributed by atoms with E-state index in [9.17, 15) is 9.59 Å². The average molecular weight is 266 g/mol. The van der Waals surface area contributed by atoms with Crippen molar-refractivity contribution < 1.29 is 14.3 Å². The van der Waals surface area contributed by atoms with Gasteiger partial charge in [0.25, 0.3) is 0 Å². The van der Waals surface area contributed by atoms with Crippen LogP contribution < -0.4 is 5.32 Å². The molecule has 0 aromatic heterocycles. The highest BCUT2D eigenvalue weighted by Crippen LogP contribution is 2.27. The molecule has 0 spiro atoms.